The van der Waals surface area contributed by atoms with Gasteiger partial charge in [0, 0.05) is 29.6 Å². The van der Waals surface area contributed by atoms with E-state index in [1.54, 1.807) is 13.3 Å². The fourth-order valence-electron chi connectivity index (χ4n) is 2.87. The Morgan fingerprint density at radius 3 is 2.50 bits per heavy atom. The van der Waals surface area contributed by atoms with Crippen LogP contribution in [0.5, 0.6) is 11.5 Å². The van der Waals surface area contributed by atoms with Crippen LogP contribution in [0.25, 0.3) is 0 Å². The van der Waals surface area contributed by atoms with Crippen LogP contribution < -0.4 is 14.8 Å². The second kappa shape index (κ2) is 10.1. The topological polar surface area (TPSA) is 60.5 Å². The zero-order valence-corrected chi connectivity index (χ0v) is 15.9. The third-order valence-corrected chi connectivity index (χ3v) is 4.34. The highest BCUT2D eigenvalue weighted by molar-refractivity contribution is 5.95. The van der Waals surface area contributed by atoms with E-state index in [-0.39, 0.29) is 12.5 Å². The number of amides is 1. The number of aromatic nitrogens is 1. The zero-order valence-electron chi connectivity index (χ0n) is 15.9. The quantitative estimate of drug-likeness (QED) is 0.573. The van der Waals surface area contributed by atoms with Crippen molar-refractivity contribution < 1.29 is 14.3 Å². The van der Waals surface area contributed by atoms with Gasteiger partial charge in [-0.05, 0) is 43.2 Å². The highest BCUT2D eigenvalue weighted by Gasteiger charge is 2.12. The Bertz CT molecular complexity index is 897. The largest absolute Gasteiger partial charge is 0.493 e. The van der Waals surface area contributed by atoms with Gasteiger partial charge in [0.2, 0.25) is 0 Å². The van der Waals surface area contributed by atoms with Gasteiger partial charge in [0.25, 0.3) is 5.91 Å². The van der Waals surface area contributed by atoms with E-state index in [1.807, 2.05) is 66.7 Å². The smallest absolute Gasteiger partial charge is 0.251 e. The molecule has 3 rings (SSSR count). The number of methoxy groups -OCH3 is 1. The fourth-order valence-corrected chi connectivity index (χ4v) is 2.87. The van der Waals surface area contributed by atoms with Gasteiger partial charge >= 0.3 is 0 Å². The van der Waals surface area contributed by atoms with E-state index in [1.165, 1.54) is 0 Å². The van der Waals surface area contributed by atoms with Crippen molar-refractivity contribution in [2.45, 2.75) is 19.4 Å². The van der Waals surface area contributed by atoms with Crippen molar-refractivity contribution in [1.29, 1.82) is 0 Å². The lowest BCUT2D eigenvalue weighted by Crippen LogP contribution is -2.26. The van der Waals surface area contributed by atoms with Gasteiger partial charge in [0.05, 0.1) is 7.11 Å². The summed E-state index contributed by atoms with van der Waals surface area (Å²) >= 11 is 0. The van der Waals surface area contributed by atoms with Crippen LogP contribution in [0.15, 0.2) is 72.9 Å². The molecule has 1 N–H and O–H groups in total. The van der Waals surface area contributed by atoms with Crippen LogP contribution in [-0.4, -0.2) is 24.5 Å². The molecule has 0 saturated heterocycles. The van der Waals surface area contributed by atoms with Gasteiger partial charge in [-0.15, -0.1) is 0 Å². The molecular formula is C23H24N2O3. The lowest BCUT2D eigenvalue weighted by atomic mass is 10.1. The molecule has 144 valence electrons. The third kappa shape index (κ3) is 5.33. The lowest BCUT2D eigenvalue weighted by molar-refractivity contribution is 0.0950. The van der Waals surface area contributed by atoms with Crippen molar-refractivity contribution in [1.82, 2.24) is 10.3 Å². The molecule has 0 spiro atoms. The first-order chi connectivity index (χ1) is 13.8. The number of rotatable bonds is 9. The molecule has 3 aromatic rings. The average molecular weight is 376 g/mol. The molecule has 1 amide bonds. The summed E-state index contributed by atoms with van der Waals surface area (Å²) in [6.07, 6.45) is 3.45. The number of nitrogens with zero attached hydrogens (tertiary/aromatic N) is 1. The van der Waals surface area contributed by atoms with Crippen LogP contribution in [0.4, 0.5) is 0 Å². The van der Waals surface area contributed by atoms with Crippen molar-refractivity contribution >= 4 is 5.91 Å². The van der Waals surface area contributed by atoms with Crippen LogP contribution in [0.2, 0.25) is 0 Å². The second-order valence-corrected chi connectivity index (χ2v) is 6.28. The molecule has 2 aromatic carbocycles. The summed E-state index contributed by atoms with van der Waals surface area (Å²) < 4.78 is 11.2. The molecule has 0 radical (unpaired) electrons. The molecular weight excluding hydrogens is 352 g/mol. The van der Waals surface area contributed by atoms with Crippen LogP contribution >= 0.6 is 0 Å². The van der Waals surface area contributed by atoms with Gasteiger partial charge in [0.1, 0.15) is 6.61 Å². The molecule has 5 nitrogen and oxygen atoms in total. The summed E-state index contributed by atoms with van der Waals surface area (Å²) in [5, 5.41) is 2.98. The molecule has 0 fully saturated rings. The number of benzene rings is 2. The Kier molecular flexibility index (Phi) is 7.01. The number of carbonyl (C=O) groups excluding carboxylic acids is 1. The van der Waals surface area contributed by atoms with E-state index < -0.39 is 0 Å². The lowest BCUT2D eigenvalue weighted by Gasteiger charge is -2.13. The Morgan fingerprint density at radius 1 is 0.964 bits per heavy atom. The molecule has 0 bridgehead atoms. The maximum absolute atomic E-state index is 12.6. The van der Waals surface area contributed by atoms with Gasteiger partial charge in [-0.1, -0.05) is 36.4 Å². The van der Waals surface area contributed by atoms with Crippen molar-refractivity contribution in [3.8, 4) is 11.5 Å². The molecule has 0 aliphatic heterocycles. The predicted octanol–water partition coefficient (Wildman–Crippen LogP) is 4.03. The standard InChI is InChI=1S/C23H24N2O3/c1-27-21-13-4-5-14-22(21)28-17-18-9-2-3-12-20(18)23(26)25-16-8-11-19-10-6-7-15-24-19/h2-7,9-10,12-15H,8,11,16-17H2,1H3,(H,25,26). The molecule has 5 heteroatoms. The minimum Gasteiger partial charge on any atom is -0.493 e. The first-order valence-electron chi connectivity index (χ1n) is 9.30. The predicted molar refractivity (Wildman–Crippen MR) is 109 cm³/mol. The summed E-state index contributed by atoms with van der Waals surface area (Å²) in [7, 11) is 1.61. The molecule has 1 heterocycles. The van der Waals surface area contributed by atoms with Gasteiger partial charge in [-0.3, -0.25) is 9.78 Å². The number of nitrogens with one attached hydrogen (secondary N) is 1. The van der Waals surface area contributed by atoms with Gasteiger partial charge in [0.15, 0.2) is 11.5 Å². The van der Waals surface area contributed by atoms with E-state index in [0.717, 1.165) is 24.1 Å². The maximum atomic E-state index is 12.6. The normalized spacial score (nSPS) is 10.3. The summed E-state index contributed by atoms with van der Waals surface area (Å²) in [6, 6.07) is 20.8. The molecule has 0 atom stereocenters. The minimum absolute atomic E-state index is 0.0970. The minimum atomic E-state index is -0.0970. The van der Waals surface area contributed by atoms with Crippen molar-refractivity contribution in [2.75, 3.05) is 13.7 Å². The highest BCUT2D eigenvalue weighted by Crippen LogP contribution is 2.27. The number of hydrogen-bond donors (Lipinski definition) is 1. The summed E-state index contributed by atoms with van der Waals surface area (Å²) in [5.74, 6) is 1.22. The Balaban J connectivity index is 1.56. The van der Waals surface area contributed by atoms with Crippen molar-refractivity contribution in [2.24, 2.45) is 0 Å². The molecule has 0 saturated carbocycles. The number of hydrogen-bond acceptors (Lipinski definition) is 4. The third-order valence-electron chi connectivity index (χ3n) is 4.34. The van der Waals surface area contributed by atoms with Crippen molar-refractivity contribution in [3.05, 3.63) is 89.7 Å². The molecule has 1 aromatic heterocycles. The van der Waals surface area contributed by atoms with Crippen molar-refractivity contribution in [3.63, 3.8) is 0 Å². The number of pyridine rings is 1. The van der Waals surface area contributed by atoms with E-state index in [9.17, 15) is 4.79 Å². The highest BCUT2D eigenvalue weighted by atomic mass is 16.5. The molecule has 0 unspecified atom stereocenters. The molecule has 28 heavy (non-hydrogen) atoms. The van der Waals surface area contributed by atoms with E-state index >= 15 is 0 Å². The molecule has 0 aliphatic carbocycles. The SMILES string of the molecule is COc1ccccc1OCc1ccccc1C(=O)NCCCc1ccccn1. The number of ether oxygens (including phenoxy) is 2. The second-order valence-electron chi connectivity index (χ2n) is 6.28. The summed E-state index contributed by atoms with van der Waals surface area (Å²) in [5.41, 5.74) is 2.48. The monoisotopic (exact) mass is 376 g/mol. The van der Waals surface area contributed by atoms with E-state index in [4.69, 9.17) is 9.47 Å². The van der Waals surface area contributed by atoms with Crippen LogP contribution in [0.1, 0.15) is 28.0 Å². The number of aryl methyl sites for hydroxylation is 1. The summed E-state index contributed by atoms with van der Waals surface area (Å²) in [4.78, 5) is 16.9. The first-order valence-corrected chi connectivity index (χ1v) is 9.30. The summed E-state index contributed by atoms with van der Waals surface area (Å²) in [6.45, 7) is 0.884. The Morgan fingerprint density at radius 2 is 1.71 bits per heavy atom. The van der Waals surface area contributed by atoms with Crippen LogP contribution in [-0.2, 0) is 13.0 Å². The fraction of sp³-hybridized carbons (Fsp3) is 0.217. The maximum Gasteiger partial charge on any atom is 0.251 e. The molecule has 0 aliphatic rings. The number of carbonyl (C=O) groups is 1. The van der Waals surface area contributed by atoms with Crippen LogP contribution in [0, 0.1) is 0 Å². The van der Waals surface area contributed by atoms with E-state index in [0.29, 0.717) is 23.6 Å². The average Bonchev–Trinajstić information content (AvgIpc) is 2.76. The van der Waals surface area contributed by atoms with Gasteiger partial charge in [-0.25, -0.2) is 0 Å². The Hall–Kier alpha value is -3.34. The first kappa shape index (κ1) is 19.4. The van der Waals surface area contributed by atoms with Gasteiger partial charge < -0.3 is 14.8 Å². The van der Waals surface area contributed by atoms with Gasteiger partial charge in [-0.2, -0.15) is 0 Å². The zero-order chi connectivity index (χ0) is 19.6. The van der Waals surface area contributed by atoms with E-state index in [2.05, 4.69) is 10.3 Å². The van der Waals surface area contributed by atoms with Crippen LogP contribution in [0.3, 0.4) is 0 Å². The number of para-hydroxylation sites is 2. The Labute approximate surface area is 165 Å².